The number of rotatable bonds is 9. The fourth-order valence-electron chi connectivity index (χ4n) is 4.28. The van der Waals surface area contributed by atoms with Gasteiger partial charge in [0.1, 0.15) is 17.9 Å². The van der Waals surface area contributed by atoms with Crippen molar-refractivity contribution in [1.29, 1.82) is 0 Å². The Kier molecular flexibility index (Phi) is 8.57. The molecule has 40 heavy (non-hydrogen) atoms. The van der Waals surface area contributed by atoms with Crippen LogP contribution in [0.25, 0.3) is 0 Å². The van der Waals surface area contributed by atoms with Crippen molar-refractivity contribution in [2.45, 2.75) is 21.9 Å². The summed E-state index contributed by atoms with van der Waals surface area (Å²) in [7, 11) is -8.05. The van der Waals surface area contributed by atoms with Gasteiger partial charge in [0.25, 0.3) is 5.91 Å². The van der Waals surface area contributed by atoms with Gasteiger partial charge in [0.15, 0.2) is 0 Å². The van der Waals surface area contributed by atoms with Crippen LogP contribution in [0.1, 0.15) is 5.56 Å². The van der Waals surface area contributed by atoms with Crippen LogP contribution < -0.4 is 10.2 Å². The van der Waals surface area contributed by atoms with Crippen LogP contribution in [0.4, 0.5) is 0 Å². The van der Waals surface area contributed by atoms with Gasteiger partial charge in [0.2, 0.25) is 20.0 Å². The molecular weight excluding hydrogens is 573 g/mol. The second-order valence-electron chi connectivity index (χ2n) is 9.20. The molecule has 0 spiro atoms. The van der Waals surface area contributed by atoms with E-state index in [0.29, 0.717) is 5.56 Å². The van der Waals surface area contributed by atoms with Crippen molar-refractivity contribution in [3.05, 3.63) is 90.5 Å². The molecule has 2 heterocycles. The first-order chi connectivity index (χ1) is 19.2. The number of carbonyl (C=O) groups is 1. The highest BCUT2D eigenvalue weighted by Gasteiger charge is 2.43. The van der Waals surface area contributed by atoms with E-state index in [-0.39, 0.29) is 35.5 Å². The fraction of sp³-hybridized carbons (Fsp3) is 0.259. The fourth-order valence-corrected chi connectivity index (χ4v) is 7.90. The largest absolute Gasteiger partial charge is 0.489 e. The van der Waals surface area contributed by atoms with Crippen molar-refractivity contribution < 1.29 is 26.4 Å². The summed E-state index contributed by atoms with van der Waals surface area (Å²) in [6.45, 7) is -0.674. The molecule has 5 rings (SSSR count). The summed E-state index contributed by atoms with van der Waals surface area (Å²) in [5.74, 6) is 1.94. The number of amides is 1. The topological polar surface area (TPSA) is 125 Å². The first kappa shape index (κ1) is 28.3. The van der Waals surface area contributed by atoms with Crippen LogP contribution in [-0.4, -0.2) is 80.9 Å². The molecule has 3 aromatic rings. The van der Waals surface area contributed by atoms with E-state index < -0.39 is 32.0 Å². The zero-order chi connectivity index (χ0) is 28.2. The van der Waals surface area contributed by atoms with Gasteiger partial charge in [-0.15, -0.1) is 0 Å². The van der Waals surface area contributed by atoms with Gasteiger partial charge in [0, 0.05) is 31.1 Å². The molecular formula is C27H28N4O6S3. The quantitative estimate of drug-likeness (QED) is 0.295. The molecule has 0 aliphatic carbocycles. The molecule has 1 atom stereocenters. The maximum Gasteiger partial charge on any atom is 0.259 e. The molecule has 10 nitrogen and oxygen atoms in total. The third kappa shape index (κ3) is 6.23. The summed E-state index contributed by atoms with van der Waals surface area (Å²) in [4.78, 5) is 13.4. The summed E-state index contributed by atoms with van der Waals surface area (Å²) < 4.78 is 61.5. The molecule has 0 saturated carbocycles. The molecule has 0 bridgehead atoms. The Bertz CT molecular complexity index is 1560. The van der Waals surface area contributed by atoms with Crippen LogP contribution in [0.15, 0.2) is 99.8 Å². The zero-order valence-corrected chi connectivity index (χ0v) is 23.8. The second-order valence-corrected chi connectivity index (χ2v) is 14.1. The maximum absolute atomic E-state index is 13.5. The molecule has 1 N–H and O–H groups in total. The Morgan fingerprint density at radius 1 is 0.850 bits per heavy atom. The molecule has 13 heteroatoms. The van der Waals surface area contributed by atoms with E-state index in [2.05, 4.69) is 10.5 Å². The zero-order valence-electron chi connectivity index (χ0n) is 21.4. The van der Waals surface area contributed by atoms with Crippen LogP contribution in [0.3, 0.4) is 0 Å². The number of hydrogen-bond acceptors (Lipinski definition) is 8. The Labute approximate surface area is 238 Å². The minimum absolute atomic E-state index is 0.0125. The number of hydrazone groups is 1. The van der Waals surface area contributed by atoms with Crippen molar-refractivity contribution in [3.63, 3.8) is 0 Å². The number of nitrogens with one attached hydrogen (secondary N) is 1. The van der Waals surface area contributed by atoms with Crippen LogP contribution in [-0.2, 0) is 24.8 Å². The molecule has 2 aliphatic rings. The summed E-state index contributed by atoms with van der Waals surface area (Å²) in [6, 6.07) is 21.4. The van der Waals surface area contributed by atoms with E-state index >= 15 is 0 Å². The SMILES string of the molecule is O=C(N/N=C\c1ccc(OC2CSC2)cc1)[C@@H]1CN(S(=O)(=O)c2ccccc2)CCN1S(=O)(=O)c1ccccc1. The number of benzene rings is 3. The number of sulfonamides is 2. The summed E-state index contributed by atoms with van der Waals surface area (Å²) in [5.41, 5.74) is 3.10. The van der Waals surface area contributed by atoms with Crippen molar-refractivity contribution in [1.82, 2.24) is 14.0 Å². The van der Waals surface area contributed by atoms with E-state index in [4.69, 9.17) is 4.74 Å². The van der Waals surface area contributed by atoms with Gasteiger partial charge < -0.3 is 4.74 Å². The lowest BCUT2D eigenvalue weighted by atomic mass is 10.2. The predicted molar refractivity (Wildman–Crippen MR) is 153 cm³/mol. The Balaban J connectivity index is 1.34. The molecule has 1 amide bonds. The van der Waals surface area contributed by atoms with Gasteiger partial charge in [-0.25, -0.2) is 22.3 Å². The lowest BCUT2D eigenvalue weighted by molar-refractivity contribution is -0.125. The predicted octanol–water partition coefficient (Wildman–Crippen LogP) is 2.39. The normalized spacial score (nSPS) is 19.2. The minimum atomic E-state index is -4.10. The minimum Gasteiger partial charge on any atom is -0.489 e. The molecule has 2 fully saturated rings. The highest BCUT2D eigenvalue weighted by Crippen LogP contribution is 2.26. The van der Waals surface area contributed by atoms with Crippen molar-refractivity contribution >= 4 is 43.9 Å². The standard InChI is InChI=1S/C27H28N4O6S3/c32-27(29-28-17-21-11-13-22(14-12-21)37-23-19-38-20-23)26-18-30(39(33,34)24-7-3-1-4-8-24)15-16-31(26)40(35,36)25-9-5-2-6-10-25/h1-14,17,23,26H,15-16,18-20H2,(H,29,32)/b28-17-/t26-/m0/s1. The van der Waals surface area contributed by atoms with Gasteiger partial charge in [-0.05, 0) is 54.1 Å². The monoisotopic (exact) mass is 600 g/mol. The van der Waals surface area contributed by atoms with Crippen LogP contribution in [0.2, 0.25) is 0 Å². The van der Waals surface area contributed by atoms with Crippen molar-refractivity contribution in [2.75, 3.05) is 31.1 Å². The van der Waals surface area contributed by atoms with Gasteiger partial charge in [-0.1, -0.05) is 36.4 Å². The summed E-state index contributed by atoms with van der Waals surface area (Å²) in [6.07, 6.45) is 1.65. The number of nitrogens with zero attached hydrogens (tertiary/aromatic N) is 3. The van der Waals surface area contributed by atoms with Crippen LogP contribution in [0, 0.1) is 0 Å². The van der Waals surface area contributed by atoms with Crippen molar-refractivity contribution in [2.24, 2.45) is 5.10 Å². The van der Waals surface area contributed by atoms with E-state index in [0.717, 1.165) is 25.9 Å². The van der Waals surface area contributed by atoms with E-state index in [9.17, 15) is 21.6 Å². The van der Waals surface area contributed by atoms with Gasteiger partial charge in [0.05, 0.1) is 16.0 Å². The third-order valence-electron chi connectivity index (χ3n) is 6.51. The Morgan fingerprint density at radius 3 is 2.02 bits per heavy atom. The first-order valence-corrected chi connectivity index (χ1v) is 16.6. The maximum atomic E-state index is 13.5. The average molecular weight is 601 g/mol. The highest BCUT2D eigenvalue weighted by atomic mass is 32.2. The lowest BCUT2D eigenvalue weighted by Gasteiger charge is -2.38. The first-order valence-electron chi connectivity index (χ1n) is 12.5. The van der Waals surface area contributed by atoms with Gasteiger partial charge >= 0.3 is 0 Å². The molecule has 0 aromatic heterocycles. The van der Waals surface area contributed by atoms with Crippen molar-refractivity contribution in [3.8, 4) is 5.75 Å². The molecule has 210 valence electrons. The average Bonchev–Trinajstić information content (AvgIpc) is 2.96. The molecule has 0 radical (unpaired) electrons. The summed E-state index contributed by atoms with van der Waals surface area (Å²) >= 11 is 1.83. The van der Waals surface area contributed by atoms with Gasteiger partial charge in [-0.2, -0.15) is 25.5 Å². The van der Waals surface area contributed by atoms with Crippen LogP contribution >= 0.6 is 11.8 Å². The number of thioether (sulfide) groups is 1. The second kappa shape index (κ2) is 12.1. The number of hydrogen-bond donors (Lipinski definition) is 1. The summed E-state index contributed by atoms with van der Waals surface area (Å²) in [5, 5.41) is 4.01. The molecule has 2 saturated heterocycles. The smallest absolute Gasteiger partial charge is 0.259 e. The Morgan fingerprint density at radius 2 is 1.45 bits per heavy atom. The van der Waals surface area contributed by atoms with E-state index in [1.807, 2.05) is 23.9 Å². The molecule has 3 aromatic carbocycles. The third-order valence-corrected chi connectivity index (χ3v) is 11.5. The highest BCUT2D eigenvalue weighted by molar-refractivity contribution is 8.00. The Hall–Kier alpha value is -3.23. The molecule has 2 aliphatic heterocycles. The number of piperazine rings is 1. The molecule has 0 unspecified atom stereocenters. The van der Waals surface area contributed by atoms with E-state index in [1.54, 1.807) is 48.5 Å². The lowest BCUT2D eigenvalue weighted by Crippen LogP contribution is -2.60. The number of ether oxygens (including phenoxy) is 1. The van der Waals surface area contributed by atoms with Gasteiger partial charge in [-0.3, -0.25) is 4.79 Å². The number of carbonyl (C=O) groups excluding carboxylic acids is 1. The van der Waals surface area contributed by atoms with Crippen LogP contribution in [0.5, 0.6) is 5.75 Å². The van der Waals surface area contributed by atoms with E-state index in [1.165, 1.54) is 30.5 Å².